The Morgan fingerprint density at radius 2 is 2.36 bits per heavy atom. The van der Waals surface area contributed by atoms with E-state index in [9.17, 15) is 4.79 Å². The number of hydrogen-bond donors (Lipinski definition) is 3. The molecule has 1 aromatic rings. The monoisotopic (exact) mass is 186 g/mol. The highest BCUT2D eigenvalue weighted by Crippen LogP contribution is 2.26. The molecule has 3 nitrogen and oxygen atoms in total. The lowest BCUT2D eigenvalue weighted by molar-refractivity contribution is 0.0949. The standard InChI is InChI=1S/C6H6N2OS2/c9-4-3-1-2-11-5(3)8-6(10)7-4/h1-2,6,8,10H,(H,7,9). The van der Waals surface area contributed by atoms with Gasteiger partial charge in [-0.15, -0.1) is 24.0 Å². The number of thiophene rings is 1. The topological polar surface area (TPSA) is 41.1 Å². The zero-order chi connectivity index (χ0) is 7.84. The Balaban J connectivity index is 2.44. The first-order chi connectivity index (χ1) is 5.27. The molecule has 0 aromatic carbocycles. The summed E-state index contributed by atoms with van der Waals surface area (Å²) in [6.07, 6.45) is 0. The number of carbonyl (C=O) groups excluding carboxylic acids is 1. The van der Waals surface area contributed by atoms with E-state index in [2.05, 4.69) is 23.3 Å². The van der Waals surface area contributed by atoms with Gasteiger partial charge < -0.3 is 10.6 Å². The third kappa shape index (κ3) is 1.10. The van der Waals surface area contributed by atoms with Crippen molar-refractivity contribution in [2.45, 2.75) is 5.50 Å². The molecular weight excluding hydrogens is 180 g/mol. The minimum Gasteiger partial charge on any atom is -0.348 e. The van der Waals surface area contributed by atoms with Crippen LogP contribution in [0.15, 0.2) is 11.4 Å². The van der Waals surface area contributed by atoms with E-state index in [0.29, 0.717) is 5.56 Å². The quantitative estimate of drug-likeness (QED) is 0.531. The van der Waals surface area contributed by atoms with Gasteiger partial charge in [0.05, 0.1) is 5.56 Å². The number of anilines is 1. The number of amides is 1. The van der Waals surface area contributed by atoms with Gasteiger partial charge in [-0.3, -0.25) is 4.79 Å². The van der Waals surface area contributed by atoms with Gasteiger partial charge in [-0.2, -0.15) is 0 Å². The fourth-order valence-corrected chi connectivity index (χ4v) is 2.11. The molecule has 0 radical (unpaired) electrons. The molecule has 2 rings (SSSR count). The molecule has 11 heavy (non-hydrogen) atoms. The van der Waals surface area contributed by atoms with Gasteiger partial charge in [0.15, 0.2) is 0 Å². The van der Waals surface area contributed by atoms with Crippen LogP contribution in [0.2, 0.25) is 0 Å². The van der Waals surface area contributed by atoms with Crippen molar-refractivity contribution in [3.63, 3.8) is 0 Å². The highest BCUT2D eigenvalue weighted by molar-refractivity contribution is 7.81. The molecule has 0 fully saturated rings. The fourth-order valence-electron chi connectivity index (χ4n) is 0.962. The Morgan fingerprint density at radius 1 is 1.55 bits per heavy atom. The minimum atomic E-state index is -0.256. The predicted octanol–water partition coefficient (Wildman–Crippen LogP) is 1.12. The zero-order valence-corrected chi connectivity index (χ0v) is 7.21. The number of fused-ring (bicyclic) bond motifs is 1. The number of rotatable bonds is 0. The maximum Gasteiger partial charge on any atom is 0.256 e. The van der Waals surface area contributed by atoms with Gasteiger partial charge in [0.1, 0.15) is 10.5 Å². The van der Waals surface area contributed by atoms with E-state index in [1.54, 1.807) is 6.07 Å². The molecular formula is C6H6N2OS2. The maximum atomic E-state index is 11.2. The van der Waals surface area contributed by atoms with Crippen molar-refractivity contribution in [2.75, 3.05) is 5.32 Å². The first-order valence-corrected chi connectivity index (χ1v) is 4.50. The van der Waals surface area contributed by atoms with Crippen LogP contribution in [0.3, 0.4) is 0 Å². The molecule has 5 heteroatoms. The van der Waals surface area contributed by atoms with E-state index in [4.69, 9.17) is 0 Å². The van der Waals surface area contributed by atoms with E-state index >= 15 is 0 Å². The van der Waals surface area contributed by atoms with Crippen molar-refractivity contribution < 1.29 is 4.79 Å². The molecule has 1 aromatic heterocycles. The molecule has 1 aliphatic rings. The van der Waals surface area contributed by atoms with Crippen LogP contribution in [0, 0.1) is 0 Å². The molecule has 0 bridgehead atoms. The molecule has 0 saturated carbocycles. The molecule has 1 aliphatic heterocycles. The molecule has 0 aliphatic carbocycles. The van der Waals surface area contributed by atoms with E-state index in [1.165, 1.54) is 11.3 Å². The van der Waals surface area contributed by atoms with Gasteiger partial charge in [0.2, 0.25) is 0 Å². The highest BCUT2D eigenvalue weighted by Gasteiger charge is 2.21. The van der Waals surface area contributed by atoms with Gasteiger partial charge >= 0.3 is 0 Å². The van der Waals surface area contributed by atoms with Crippen LogP contribution in [0.5, 0.6) is 0 Å². The van der Waals surface area contributed by atoms with Crippen molar-refractivity contribution >= 4 is 34.9 Å². The third-order valence-corrected chi connectivity index (χ3v) is 2.55. The zero-order valence-electron chi connectivity index (χ0n) is 5.50. The number of nitrogens with one attached hydrogen (secondary N) is 2. The molecule has 58 valence electrons. The summed E-state index contributed by atoms with van der Waals surface area (Å²) < 4.78 is 0. The Labute approximate surface area is 73.2 Å². The van der Waals surface area contributed by atoms with E-state index in [-0.39, 0.29) is 11.4 Å². The fraction of sp³-hybridized carbons (Fsp3) is 0.167. The summed E-state index contributed by atoms with van der Waals surface area (Å²) in [5, 5.41) is 8.44. The van der Waals surface area contributed by atoms with Gasteiger partial charge in [-0.05, 0) is 11.4 Å². The summed E-state index contributed by atoms with van der Waals surface area (Å²) in [7, 11) is 0. The smallest absolute Gasteiger partial charge is 0.256 e. The average molecular weight is 186 g/mol. The predicted molar refractivity (Wildman–Crippen MR) is 48.2 cm³/mol. The Kier molecular flexibility index (Phi) is 1.54. The second kappa shape index (κ2) is 2.42. The van der Waals surface area contributed by atoms with Crippen LogP contribution >= 0.6 is 24.0 Å². The SMILES string of the molecule is O=C1NC(S)Nc2sccc21. The number of carbonyl (C=O) groups is 1. The first kappa shape index (κ1) is 7.00. The van der Waals surface area contributed by atoms with Crippen LogP contribution in [0.25, 0.3) is 0 Å². The van der Waals surface area contributed by atoms with Gasteiger partial charge in [-0.1, -0.05) is 0 Å². The van der Waals surface area contributed by atoms with Crippen LogP contribution in [-0.2, 0) is 0 Å². The lowest BCUT2D eigenvalue weighted by atomic mass is 10.3. The van der Waals surface area contributed by atoms with Gasteiger partial charge in [0, 0.05) is 0 Å². The van der Waals surface area contributed by atoms with Crippen LogP contribution < -0.4 is 10.6 Å². The molecule has 2 N–H and O–H groups in total. The summed E-state index contributed by atoms with van der Waals surface area (Å²) >= 11 is 5.60. The van der Waals surface area contributed by atoms with E-state index < -0.39 is 0 Å². The number of thiol groups is 1. The van der Waals surface area contributed by atoms with Crippen LogP contribution in [-0.4, -0.2) is 11.4 Å². The first-order valence-electron chi connectivity index (χ1n) is 3.10. The van der Waals surface area contributed by atoms with Crippen molar-refractivity contribution in [3.05, 3.63) is 17.0 Å². The number of hydrogen-bond acceptors (Lipinski definition) is 4. The summed E-state index contributed by atoms with van der Waals surface area (Å²) in [6, 6.07) is 1.79. The van der Waals surface area contributed by atoms with Crippen LogP contribution in [0.4, 0.5) is 5.00 Å². The second-order valence-corrected chi connectivity index (χ2v) is 3.62. The molecule has 1 amide bonds. The van der Waals surface area contributed by atoms with Crippen molar-refractivity contribution in [1.29, 1.82) is 0 Å². The normalized spacial score (nSPS) is 21.9. The maximum absolute atomic E-state index is 11.2. The lowest BCUT2D eigenvalue weighted by Crippen LogP contribution is -2.40. The summed E-state index contributed by atoms with van der Waals surface area (Å²) in [6.45, 7) is 0. The minimum absolute atomic E-state index is 0.0556. The van der Waals surface area contributed by atoms with Crippen molar-refractivity contribution in [3.8, 4) is 0 Å². The molecule has 1 unspecified atom stereocenters. The largest absolute Gasteiger partial charge is 0.348 e. The summed E-state index contributed by atoms with van der Waals surface area (Å²) in [5.41, 5.74) is 0.453. The Hall–Kier alpha value is -0.680. The van der Waals surface area contributed by atoms with E-state index in [1.807, 2.05) is 5.38 Å². The molecule has 2 heterocycles. The second-order valence-electron chi connectivity index (χ2n) is 2.18. The molecule has 0 spiro atoms. The summed E-state index contributed by atoms with van der Waals surface area (Å²) in [4.78, 5) is 11.2. The van der Waals surface area contributed by atoms with Crippen molar-refractivity contribution in [1.82, 2.24) is 5.32 Å². The lowest BCUT2D eigenvalue weighted by Gasteiger charge is -2.20. The highest BCUT2D eigenvalue weighted by atomic mass is 32.1. The summed E-state index contributed by atoms with van der Waals surface area (Å²) in [5.74, 6) is -0.0556. The average Bonchev–Trinajstić information content (AvgIpc) is 2.34. The van der Waals surface area contributed by atoms with Crippen LogP contribution in [0.1, 0.15) is 10.4 Å². The van der Waals surface area contributed by atoms with Crippen molar-refractivity contribution in [2.24, 2.45) is 0 Å². The van der Waals surface area contributed by atoms with Gasteiger partial charge in [0.25, 0.3) is 5.91 Å². The Morgan fingerprint density at radius 3 is 3.18 bits per heavy atom. The Bertz CT molecular complexity index is 297. The van der Waals surface area contributed by atoms with Gasteiger partial charge in [-0.25, -0.2) is 0 Å². The molecule has 0 saturated heterocycles. The third-order valence-electron chi connectivity index (χ3n) is 1.45. The molecule has 1 atom stereocenters. The van der Waals surface area contributed by atoms with E-state index in [0.717, 1.165) is 5.00 Å².